The second-order valence-electron chi connectivity index (χ2n) is 14.9. The summed E-state index contributed by atoms with van der Waals surface area (Å²) in [6.45, 7) is -1.39. The zero-order chi connectivity index (χ0) is 45.7. The van der Waals surface area contributed by atoms with E-state index in [4.69, 9.17) is 4.84 Å². The van der Waals surface area contributed by atoms with Crippen LogP contribution in [-0.2, 0) is 56.3 Å². The third kappa shape index (κ3) is 17.3. The van der Waals surface area contributed by atoms with Crippen LogP contribution in [0.25, 0.3) is 22.8 Å². The minimum Gasteiger partial charge on any atom is -0.480 e. The van der Waals surface area contributed by atoms with Crippen molar-refractivity contribution in [2.45, 2.75) is 103 Å². The van der Waals surface area contributed by atoms with Gasteiger partial charge in [-0.2, -0.15) is 0 Å². The lowest BCUT2D eigenvalue weighted by atomic mass is 10.1. The molecule has 63 heavy (non-hydrogen) atoms. The average molecular weight is 877 g/mol. The van der Waals surface area contributed by atoms with E-state index in [1.807, 2.05) is 0 Å². The van der Waals surface area contributed by atoms with Crippen molar-refractivity contribution >= 4 is 47.6 Å². The zero-order valence-electron chi connectivity index (χ0n) is 34.7. The zero-order valence-corrected chi connectivity index (χ0v) is 34.7. The lowest BCUT2D eigenvalue weighted by Crippen LogP contribution is -2.43. The van der Waals surface area contributed by atoms with Gasteiger partial charge in [0, 0.05) is 45.3 Å². The van der Waals surface area contributed by atoms with E-state index >= 15 is 0 Å². The fourth-order valence-electron chi connectivity index (χ4n) is 6.78. The Morgan fingerprint density at radius 1 is 0.651 bits per heavy atom. The molecule has 21 heteroatoms. The predicted octanol–water partition coefficient (Wildman–Crippen LogP) is 2.93. The van der Waals surface area contributed by atoms with E-state index in [9.17, 15) is 58.8 Å². The highest BCUT2D eigenvalue weighted by atomic mass is 16.7. The van der Waals surface area contributed by atoms with Crippen LogP contribution in [0.4, 0.5) is 0 Å². The summed E-state index contributed by atoms with van der Waals surface area (Å²) in [5, 5.41) is 41.6. The smallest absolute Gasteiger partial charge is 0.333 e. The van der Waals surface area contributed by atoms with Crippen LogP contribution in [0.2, 0.25) is 0 Å². The number of pyridine rings is 2. The summed E-state index contributed by atoms with van der Waals surface area (Å²) in [6.07, 6.45) is 8.94. The van der Waals surface area contributed by atoms with Gasteiger partial charge in [0.05, 0.1) is 54.8 Å². The molecule has 0 radical (unpaired) electrons. The monoisotopic (exact) mass is 876 g/mol. The maximum Gasteiger partial charge on any atom is 0.333 e. The number of unbranched alkanes of at least 4 members (excludes halogenated alkanes) is 6. The quantitative estimate of drug-likeness (QED) is 0.0495. The number of carboxylic acid groups (broad SMARTS) is 4. The number of nitrogens with one attached hydrogen (secondary N) is 1. The standard InChI is InChI=1S/C42H52N8O13/c51-35(16-5-3-1-2-4-6-17-41(60)63-50-36(52)18-19-37(50)53)44-20-8-7-15-34(42(61)62)49(27-40(58)59)24-29-12-10-14-31(46-29)33-22-43-21-32(47-33)30-13-9-11-28(45-30)23-48(25-38(54)55)26-39(56)57/h9-14,21-22,34H,1-8,15-20,23-27H2,(H,44,51)(H,54,55)(H,56,57)(H,58,59)(H,61,62)/t34-/m0/s1. The first-order chi connectivity index (χ1) is 30.2. The molecule has 4 heterocycles. The van der Waals surface area contributed by atoms with Gasteiger partial charge in [0.15, 0.2) is 0 Å². The summed E-state index contributed by atoms with van der Waals surface area (Å²) in [4.78, 5) is 120. The average Bonchev–Trinajstić information content (AvgIpc) is 3.54. The molecule has 4 rings (SSSR count). The highest BCUT2D eigenvalue weighted by Gasteiger charge is 2.33. The van der Waals surface area contributed by atoms with Crippen LogP contribution >= 0.6 is 0 Å². The second kappa shape index (κ2) is 25.3. The van der Waals surface area contributed by atoms with E-state index in [1.54, 1.807) is 36.4 Å². The Kier molecular flexibility index (Phi) is 19.6. The molecule has 3 aromatic heterocycles. The van der Waals surface area contributed by atoms with Gasteiger partial charge in [-0.15, -0.1) is 5.06 Å². The number of carbonyl (C=O) groups is 8. The molecule has 1 aliphatic heterocycles. The highest BCUT2D eigenvalue weighted by Crippen LogP contribution is 2.22. The topological polar surface area (TPSA) is 300 Å². The minimum atomic E-state index is -1.22. The largest absolute Gasteiger partial charge is 0.480 e. The molecule has 21 nitrogen and oxygen atoms in total. The number of rotatable bonds is 29. The van der Waals surface area contributed by atoms with Crippen LogP contribution < -0.4 is 5.32 Å². The van der Waals surface area contributed by atoms with Crippen LogP contribution in [-0.4, -0.2) is 135 Å². The van der Waals surface area contributed by atoms with Crippen LogP contribution in [0.15, 0.2) is 48.8 Å². The fraction of sp³-hybridized carbons (Fsp3) is 0.476. The summed E-state index contributed by atoms with van der Waals surface area (Å²) < 4.78 is 0. The summed E-state index contributed by atoms with van der Waals surface area (Å²) >= 11 is 0. The number of carbonyl (C=O) groups excluding carboxylic acids is 4. The van der Waals surface area contributed by atoms with Crippen molar-refractivity contribution in [3.8, 4) is 22.8 Å². The number of hydrogen-bond acceptors (Lipinski definition) is 15. The van der Waals surface area contributed by atoms with E-state index in [-0.39, 0.29) is 44.7 Å². The first-order valence-corrected chi connectivity index (χ1v) is 20.6. The number of nitrogens with zero attached hydrogens (tertiary/aromatic N) is 7. The van der Waals surface area contributed by atoms with Crippen molar-refractivity contribution in [3.63, 3.8) is 0 Å². The summed E-state index contributed by atoms with van der Waals surface area (Å²) in [6, 6.07) is 8.79. The SMILES string of the molecule is O=C(O)CN(CC(=O)O)Cc1cccc(-c2cncc(-c3cccc(CN(CC(=O)O)[C@@H](CCCCNC(=O)CCCCCCCCC(=O)ON4C(=O)CCC4=O)C(=O)O)n3)n2)n1. The molecule has 1 atom stereocenters. The Balaban J connectivity index is 1.22. The number of aromatic nitrogens is 4. The molecule has 0 unspecified atom stereocenters. The molecule has 0 bridgehead atoms. The number of hydroxylamine groups is 2. The van der Waals surface area contributed by atoms with Gasteiger partial charge in [0.1, 0.15) is 17.4 Å². The summed E-state index contributed by atoms with van der Waals surface area (Å²) in [5.41, 5.74) is 2.24. The van der Waals surface area contributed by atoms with Gasteiger partial charge in [-0.3, -0.25) is 48.3 Å². The Hall–Kier alpha value is -6.74. The lowest BCUT2D eigenvalue weighted by molar-refractivity contribution is -0.197. The van der Waals surface area contributed by atoms with Crippen LogP contribution in [0, 0.1) is 0 Å². The van der Waals surface area contributed by atoms with Crippen LogP contribution in [0.3, 0.4) is 0 Å². The molecule has 3 aromatic rings. The van der Waals surface area contributed by atoms with E-state index < -0.39 is 67.3 Å². The Morgan fingerprint density at radius 3 is 1.75 bits per heavy atom. The van der Waals surface area contributed by atoms with Gasteiger partial charge < -0.3 is 30.6 Å². The molecule has 0 aromatic carbocycles. The number of imide groups is 1. The van der Waals surface area contributed by atoms with Gasteiger partial charge in [0.2, 0.25) is 5.91 Å². The van der Waals surface area contributed by atoms with Gasteiger partial charge in [-0.25, -0.2) is 19.7 Å². The third-order valence-electron chi connectivity index (χ3n) is 9.77. The van der Waals surface area contributed by atoms with Crippen molar-refractivity contribution < 1.29 is 63.6 Å². The van der Waals surface area contributed by atoms with Crippen LogP contribution in [0.1, 0.15) is 94.9 Å². The summed E-state index contributed by atoms with van der Waals surface area (Å²) in [5.74, 6) is -6.57. The maximum absolute atomic E-state index is 12.4. The lowest BCUT2D eigenvalue weighted by Gasteiger charge is -2.27. The molecule has 5 N–H and O–H groups in total. The number of hydrogen-bond donors (Lipinski definition) is 5. The van der Waals surface area contributed by atoms with E-state index in [2.05, 4.69) is 25.3 Å². The molecular formula is C42H52N8O13. The predicted molar refractivity (Wildman–Crippen MR) is 219 cm³/mol. The first-order valence-electron chi connectivity index (χ1n) is 20.6. The third-order valence-corrected chi connectivity index (χ3v) is 9.77. The maximum atomic E-state index is 12.4. The van der Waals surface area contributed by atoms with E-state index in [0.717, 1.165) is 25.7 Å². The molecular weight excluding hydrogens is 825 g/mol. The molecule has 0 spiro atoms. The Labute approximate surface area is 362 Å². The minimum absolute atomic E-state index is 0.0447. The van der Waals surface area contributed by atoms with Gasteiger partial charge in [-0.1, -0.05) is 37.8 Å². The van der Waals surface area contributed by atoms with E-state index in [1.165, 1.54) is 22.2 Å². The highest BCUT2D eigenvalue weighted by molar-refractivity contribution is 6.01. The van der Waals surface area contributed by atoms with Gasteiger partial charge in [-0.05, 0) is 56.4 Å². The Morgan fingerprint density at radius 2 is 1.19 bits per heavy atom. The molecule has 338 valence electrons. The normalized spacial score (nSPS) is 13.0. The van der Waals surface area contributed by atoms with Crippen LogP contribution in [0.5, 0.6) is 0 Å². The van der Waals surface area contributed by atoms with Crippen molar-refractivity contribution in [1.29, 1.82) is 0 Å². The molecule has 0 saturated carbocycles. The second-order valence-corrected chi connectivity index (χ2v) is 14.9. The van der Waals surface area contributed by atoms with E-state index in [0.29, 0.717) is 77.9 Å². The fourth-order valence-corrected chi connectivity index (χ4v) is 6.78. The van der Waals surface area contributed by atoms with Gasteiger partial charge >= 0.3 is 29.8 Å². The van der Waals surface area contributed by atoms with Crippen molar-refractivity contribution in [3.05, 3.63) is 60.2 Å². The number of amides is 3. The van der Waals surface area contributed by atoms with Crippen molar-refractivity contribution in [1.82, 2.24) is 40.1 Å². The van der Waals surface area contributed by atoms with Gasteiger partial charge in [0.25, 0.3) is 11.8 Å². The molecule has 1 aliphatic rings. The molecule has 3 amide bonds. The molecule has 0 aliphatic carbocycles. The number of carboxylic acids is 4. The summed E-state index contributed by atoms with van der Waals surface area (Å²) in [7, 11) is 0. The van der Waals surface area contributed by atoms with Crippen molar-refractivity contribution in [2.24, 2.45) is 0 Å². The molecule has 1 saturated heterocycles. The van der Waals surface area contributed by atoms with Crippen molar-refractivity contribution in [2.75, 3.05) is 26.2 Å². The first kappa shape index (κ1) is 48.9. The Bertz CT molecular complexity index is 2070. The number of aliphatic carboxylic acids is 4. The molecule has 1 fully saturated rings.